The number of fused-ring (bicyclic) bond motifs is 7. The number of thioether (sulfide) groups is 4. The second-order valence-corrected chi connectivity index (χ2v) is 13.5. The van der Waals surface area contributed by atoms with E-state index >= 15 is 0 Å². The first-order chi connectivity index (χ1) is 15.2. The Morgan fingerprint density at radius 3 is 1.29 bits per heavy atom. The molecular formula is C27H24S4. The third kappa shape index (κ3) is 3.51. The van der Waals surface area contributed by atoms with Gasteiger partial charge < -0.3 is 0 Å². The summed E-state index contributed by atoms with van der Waals surface area (Å²) in [6, 6.07) is 18.2. The van der Waals surface area contributed by atoms with E-state index in [0.717, 1.165) is 0 Å². The third-order valence-corrected chi connectivity index (χ3v) is 11.8. The molecule has 6 bridgehead atoms. The van der Waals surface area contributed by atoms with Crippen molar-refractivity contribution in [2.75, 3.05) is 0 Å². The van der Waals surface area contributed by atoms with Crippen LogP contribution < -0.4 is 10.4 Å². The van der Waals surface area contributed by atoms with E-state index in [4.69, 9.17) is 0 Å². The summed E-state index contributed by atoms with van der Waals surface area (Å²) in [5.41, 5.74) is 0. The van der Waals surface area contributed by atoms with Crippen LogP contribution in [0.25, 0.3) is 30.0 Å². The topological polar surface area (TPSA) is 0 Å². The molecule has 0 N–H and O–H groups in total. The number of hydrogen-bond donors (Lipinski definition) is 0. The minimum Gasteiger partial charge on any atom is -0.0860 e. The van der Waals surface area contributed by atoms with Gasteiger partial charge in [0.15, 0.2) is 0 Å². The summed E-state index contributed by atoms with van der Waals surface area (Å²) in [5, 5.41) is 8.47. The first-order valence-corrected chi connectivity index (χ1v) is 14.3. The van der Waals surface area contributed by atoms with Gasteiger partial charge >= 0.3 is 0 Å². The molecule has 3 aliphatic rings. The molecule has 6 rings (SSSR count). The molecule has 3 heterocycles. The van der Waals surface area contributed by atoms with Crippen molar-refractivity contribution in [3.8, 4) is 0 Å². The number of rotatable bonds is 0. The lowest BCUT2D eigenvalue weighted by molar-refractivity contribution is 0.690. The SMILES string of the molecule is CC1=C2CCCCCC3=C(C)SC(=c4c5ccccc5c(c5ccccc45)=C(S1)S2)S3. The Bertz CT molecular complexity index is 1250. The second-order valence-electron chi connectivity index (χ2n) is 8.34. The van der Waals surface area contributed by atoms with Crippen LogP contribution in [-0.2, 0) is 0 Å². The van der Waals surface area contributed by atoms with Crippen LogP contribution in [0, 0.1) is 0 Å². The largest absolute Gasteiger partial charge is 0.0860 e. The van der Waals surface area contributed by atoms with Crippen LogP contribution in [-0.4, -0.2) is 0 Å². The van der Waals surface area contributed by atoms with Crippen molar-refractivity contribution in [2.45, 2.75) is 46.0 Å². The third-order valence-electron chi connectivity index (χ3n) is 6.36. The summed E-state index contributed by atoms with van der Waals surface area (Å²) in [5.74, 6) is 0. The maximum absolute atomic E-state index is 2.34. The van der Waals surface area contributed by atoms with E-state index in [0.29, 0.717) is 0 Å². The highest BCUT2D eigenvalue weighted by Crippen LogP contribution is 2.53. The van der Waals surface area contributed by atoms with Crippen LogP contribution in [0.4, 0.5) is 0 Å². The van der Waals surface area contributed by atoms with Gasteiger partial charge in [0.05, 0.1) is 8.47 Å². The highest BCUT2D eigenvalue weighted by Gasteiger charge is 2.24. The van der Waals surface area contributed by atoms with Gasteiger partial charge in [0, 0.05) is 10.4 Å². The van der Waals surface area contributed by atoms with Crippen molar-refractivity contribution in [3.05, 3.63) is 78.6 Å². The van der Waals surface area contributed by atoms with Crippen molar-refractivity contribution in [3.63, 3.8) is 0 Å². The summed E-state index contributed by atoms with van der Waals surface area (Å²) < 4.78 is 2.93. The van der Waals surface area contributed by atoms with E-state index in [1.54, 1.807) is 9.81 Å². The van der Waals surface area contributed by atoms with Crippen molar-refractivity contribution in [1.29, 1.82) is 0 Å². The zero-order chi connectivity index (χ0) is 20.9. The Balaban J connectivity index is 1.78. The molecule has 3 aromatic rings. The van der Waals surface area contributed by atoms with E-state index in [9.17, 15) is 0 Å². The average molecular weight is 477 g/mol. The van der Waals surface area contributed by atoms with Crippen LogP contribution >= 0.6 is 47.0 Å². The van der Waals surface area contributed by atoms with Crippen LogP contribution in [0.3, 0.4) is 0 Å². The van der Waals surface area contributed by atoms with Gasteiger partial charge in [-0.1, -0.05) is 102 Å². The molecule has 3 aliphatic heterocycles. The molecule has 156 valence electrons. The van der Waals surface area contributed by atoms with Crippen LogP contribution in [0.5, 0.6) is 0 Å². The van der Waals surface area contributed by atoms with E-state index < -0.39 is 0 Å². The van der Waals surface area contributed by atoms with Gasteiger partial charge in [-0.3, -0.25) is 0 Å². The molecule has 0 saturated heterocycles. The van der Waals surface area contributed by atoms with E-state index in [-0.39, 0.29) is 0 Å². The van der Waals surface area contributed by atoms with Gasteiger partial charge in [0.25, 0.3) is 0 Å². The maximum Gasteiger partial charge on any atom is 0.0577 e. The lowest BCUT2D eigenvalue weighted by atomic mass is 9.99. The number of benzene rings is 3. The normalized spacial score (nSPS) is 19.7. The number of hydrogen-bond acceptors (Lipinski definition) is 4. The summed E-state index contributed by atoms with van der Waals surface area (Å²) in [6.45, 7) is 4.64. The summed E-state index contributed by atoms with van der Waals surface area (Å²) in [6.07, 6.45) is 6.36. The summed E-state index contributed by atoms with van der Waals surface area (Å²) in [4.78, 5) is 6.18. The molecule has 0 saturated carbocycles. The molecule has 0 radical (unpaired) electrons. The van der Waals surface area contributed by atoms with Crippen molar-refractivity contribution in [2.24, 2.45) is 0 Å². The van der Waals surface area contributed by atoms with Gasteiger partial charge in [0.1, 0.15) is 0 Å². The lowest BCUT2D eigenvalue weighted by Gasteiger charge is -2.11. The van der Waals surface area contributed by atoms with Crippen LogP contribution in [0.15, 0.2) is 68.2 Å². The monoisotopic (exact) mass is 476 g/mol. The Labute approximate surface area is 200 Å². The molecule has 31 heavy (non-hydrogen) atoms. The average Bonchev–Trinajstić information content (AvgIpc) is 3.32. The van der Waals surface area contributed by atoms with Gasteiger partial charge in [-0.15, -0.1) is 0 Å². The highest BCUT2D eigenvalue weighted by atomic mass is 32.2. The molecular weight excluding hydrogens is 453 g/mol. The molecule has 0 unspecified atom stereocenters. The Morgan fingerprint density at radius 1 is 0.516 bits per heavy atom. The molecule has 4 heteroatoms. The first-order valence-electron chi connectivity index (χ1n) is 11.0. The zero-order valence-corrected chi connectivity index (χ0v) is 21.1. The second kappa shape index (κ2) is 8.30. The maximum atomic E-state index is 2.34. The Morgan fingerprint density at radius 2 is 0.903 bits per heavy atom. The molecule has 0 spiro atoms. The van der Waals surface area contributed by atoms with Crippen LogP contribution in [0.2, 0.25) is 0 Å². The predicted molar refractivity (Wildman–Crippen MR) is 146 cm³/mol. The van der Waals surface area contributed by atoms with E-state index in [1.165, 1.54) is 82.4 Å². The van der Waals surface area contributed by atoms with Gasteiger partial charge in [-0.2, -0.15) is 0 Å². The molecule has 0 atom stereocenters. The Hall–Kier alpha value is -1.20. The first kappa shape index (κ1) is 20.4. The minimum absolute atomic E-state index is 1.22. The molecule has 0 nitrogen and oxygen atoms in total. The highest BCUT2D eigenvalue weighted by molar-refractivity contribution is 8.36. The fourth-order valence-corrected chi connectivity index (χ4v) is 10.5. The van der Waals surface area contributed by atoms with Gasteiger partial charge in [-0.05, 0) is 80.7 Å². The van der Waals surface area contributed by atoms with Gasteiger partial charge in [0.2, 0.25) is 0 Å². The number of allylic oxidation sites excluding steroid dienone is 4. The van der Waals surface area contributed by atoms with Crippen LogP contribution in [0.1, 0.15) is 46.0 Å². The lowest BCUT2D eigenvalue weighted by Crippen LogP contribution is -2.16. The molecule has 0 fully saturated rings. The fourth-order valence-electron chi connectivity index (χ4n) is 4.78. The van der Waals surface area contributed by atoms with E-state index in [2.05, 4.69) is 62.4 Å². The van der Waals surface area contributed by atoms with Crippen molar-refractivity contribution >= 4 is 77.1 Å². The smallest absolute Gasteiger partial charge is 0.0577 e. The van der Waals surface area contributed by atoms with Crippen molar-refractivity contribution in [1.82, 2.24) is 0 Å². The zero-order valence-electron chi connectivity index (χ0n) is 17.8. The summed E-state index contributed by atoms with van der Waals surface area (Å²) in [7, 11) is 0. The summed E-state index contributed by atoms with van der Waals surface area (Å²) >= 11 is 8.07. The minimum atomic E-state index is 1.22. The van der Waals surface area contributed by atoms with Crippen molar-refractivity contribution < 1.29 is 0 Å². The molecule has 0 aromatic heterocycles. The molecule has 3 aromatic carbocycles. The molecule has 0 amide bonds. The van der Waals surface area contributed by atoms with E-state index in [1.807, 2.05) is 47.0 Å². The standard InChI is InChI=1S/C27H24S4/c1-16-22-14-4-3-5-15-23-17(2)29-27(31-23)25-20-12-8-6-10-18(20)24(26(28-16)30-22)19-11-7-9-13-21(19)25/h6-13H,3-5,14-15H2,1-2H3. The van der Waals surface area contributed by atoms with Gasteiger partial charge in [-0.25, -0.2) is 0 Å². The molecule has 0 aliphatic carbocycles. The predicted octanol–water partition coefficient (Wildman–Crippen LogP) is 8.51. The quantitative estimate of drug-likeness (QED) is 0.298. The Kier molecular flexibility index (Phi) is 5.46. The fraction of sp³-hybridized carbons (Fsp3) is 0.259.